The van der Waals surface area contributed by atoms with Crippen LogP contribution in [0.4, 0.5) is 5.69 Å². The SMILES string of the molecule is CCC(NC(=O)c1ccc(CN(c2cccc(Cl)c2)S(C)(=O)=O)cc1)c1ccc(OC)c(C)c1. The van der Waals surface area contributed by atoms with Crippen LogP contribution in [0.25, 0.3) is 0 Å². The Labute approximate surface area is 206 Å². The Morgan fingerprint density at radius 3 is 2.35 bits per heavy atom. The fourth-order valence-corrected chi connectivity index (χ4v) is 4.80. The van der Waals surface area contributed by atoms with Crippen LogP contribution in [0.15, 0.2) is 66.7 Å². The quantitative estimate of drug-likeness (QED) is 0.420. The molecule has 0 aromatic heterocycles. The van der Waals surface area contributed by atoms with Gasteiger partial charge in [-0.15, -0.1) is 0 Å². The molecule has 0 bridgehead atoms. The second kappa shape index (κ2) is 10.9. The molecule has 3 aromatic carbocycles. The second-order valence-corrected chi connectivity index (χ2v) is 10.5. The van der Waals surface area contributed by atoms with E-state index in [0.29, 0.717) is 16.3 Å². The van der Waals surface area contributed by atoms with E-state index in [1.165, 1.54) is 4.31 Å². The molecule has 8 heteroatoms. The molecular formula is C26H29ClN2O4S. The average molecular weight is 501 g/mol. The number of ether oxygens (including phenoxy) is 1. The number of rotatable bonds is 9. The van der Waals surface area contributed by atoms with Crippen LogP contribution in [-0.2, 0) is 16.6 Å². The van der Waals surface area contributed by atoms with Gasteiger partial charge in [0.1, 0.15) is 5.75 Å². The van der Waals surface area contributed by atoms with Gasteiger partial charge in [-0.3, -0.25) is 9.10 Å². The molecular weight excluding hydrogens is 472 g/mol. The molecule has 0 aliphatic rings. The highest BCUT2D eigenvalue weighted by atomic mass is 35.5. The number of anilines is 1. The lowest BCUT2D eigenvalue weighted by Gasteiger charge is -2.23. The summed E-state index contributed by atoms with van der Waals surface area (Å²) in [6.45, 7) is 4.12. The molecule has 0 aliphatic heterocycles. The number of sulfonamides is 1. The first kappa shape index (κ1) is 25.6. The van der Waals surface area contributed by atoms with E-state index in [4.69, 9.17) is 16.3 Å². The molecule has 1 N–H and O–H groups in total. The molecule has 1 unspecified atom stereocenters. The summed E-state index contributed by atoms with van der Waals surface area (Å²) in [6, 6.07) is 19.4. The smallest absolute Gasteiger partial charge is 0.251 e. The maximum Gasteiger partial charge on any atom is 0.251 e. The minimum absolute atomic E-state index is 0.129. The molecule has 0 aliphatic carbocycles. The molecule has 1 atom stereocenters. The van der Waals surface area contributed by atoms with E-state index in [0.717, 1.165) is 35.1 Å². The Kier molecular flexibility index (Phi) is 8.23. The molecule has 0 heterocycles. The Morgan fingerprint density at radius 1 is 1.09 bits per heavy atom. The Balaban J connectivity index is 1.75. The van der Waals surface area contributed by atoms with Crippen molar-refractivity contribution in [2.24, 2.45) is 0 Å². The Bertz CT molecular complexity index is 1260. The standard InChI is InChI=1S/C26H29ClN2O4S/c1-5-24(21-13-14-25(33-3)18(2)15-21)28-26(30)20-11-9-19(10-12-20)17-29(34(4,31)32)23-8-6-7-22(27)16-23/h6-16,24H,5,17H2,1-4H3,(H,28,30). The fourth-order valence-electron chi connectivity index (χ4n) is 3.74. The Morgan fingerprint density at radius 2 is 1.79 bits per heavy atom. The van der Waals surface area contributed by atoms with Crippen molar-refractivity contribution in [3.63, 3.8) is 0 Å². The van der Waals surface area contributed by atoms with Crippen LogP contribution in [0.3, 0.4) is 0 Å². The number of halogens is 1. The first-order chi connectivity index (χ1) is 16.1. The van der Waals surface area contributed by atoms with Crippen molar-refractivity contribution >= 4 is 33.2 Å². The van der Waals surface area contributed by atoms with E-state index in [9.17, 15) is 13.2 Å². The van der Waals surface area contributed by atoms with Crippen LogP contribution >= 0.6 is 11.6 Å². The Hall–Kier alpha value is -3.03. The second-order valence-electron chi connectivity index (χ2n) is 8.11. The van der Waals surface area contributed by atoms with Gasteiger partial charge < -0.3 is 10.1 Å². The van der Waals surface area contributed by atoms with Crippen molar-refractivity contribution < 1.29 is 17.9 Å². The summed E-state index contributed by atoms with van der Waals surface area (Å²) in [5.74, 6) is 0.614. The minimum atomic E-state index is -3.53. The molecule has 6 nitrogen and oxygen atoms in total. The molecule has 34 heavy (non-hydrogen) atoms. The van der Waals surface area contributed by atoms with Crippen LogP contribution in [0.2, 0.25) is 5.02 Å². The molecule has 3 rings (SSSR count). The highest BCUT2D eigenvalue weighted by molar-refractivity contribution is 7.92. The number of amides is 1. The summed E-state index contributed by atoms with van der Waals surface area (Å²) in [4.78, 5) is 12.9. The highest BCUT2D eigenvalue weighted by Crippen LogP contribution is 2.26. The summed E-state index contributed by atoms with van der Waals surface area (Å²) in [5.41, 5.74) is 3.75. The summed E-state index contributed by atoms with van der Waals surface area (Å²) in [5, 5.41) is 3.53. The molecule has 0 spiro atoms. The van der Waals surface area contributed by atoms with Gasteiger partial charge in [-0.1, -0.05) is 48.9 Å². The van der Waals surface area contributed by atoms with Crippen LogP contribution in [0.1, 0.15) is 46.4 Å². The average Bonchev–Trinajstić information content (AvgIpc) is 2.80. The fraction of sp³-hybridized carbons (Fsp3) is 0.269. The summed E-state index contributed by atoms with van der Waals surface area (Å²) in [7, 11) is -1.90. The van der Waals surface area contributed by atoms with Gasteiger partial charge >= 0.3 is 0 Å². The number of nitrogens with zero attached hydrogens (tertiary/aromatic N) is 1. The zero-order valence-electron chi connectivity index (χ0n) is 19.7. The number of aryl methyl sites for hydroxylation is 1. The van der Waals surface area contributed by atoms with Gasteiger partial charge in [-0.25, -0.2) is 8.42 Å². The molecule has 3 aromatic rings. The van der Waals surface area contributed by atoms with Crippen LogP contribution in [0.5, 0.6) is 5.75 Å². The lowest BCUT2D eigenvalue weighted by atomic mass is 10.0. The third kappa shape index (κ3) is 6.30. The number of hydrogen-bond donors (Lipinski definition) is 1. The summed E-state index contributed by atoms with van der Waals surface area (Å²) < 4.78 is 31.4. The predicted molar refractivity (Wildman–Crippen MR) is 137 cm³/mol. The van der Waals surface area contributed by atoms with Crippen molar-refractivity contribution in [1.82, 2.24) is 5.32 Å². The topological polar surface area (TPSA) is 75.7 Å². The van der Waals surface area contributed by atoms with E-state index >= 15 is 0 Å². The van der Waals surface area contributed by atoms with Crippen LogP contribution in [-0.4, -0.2) is 27.7 Å². The van der Waals surface area contributed by atoms with Gasteiger partial charge in [0.05, 0.1) is 31.6 Å². The third-order valence-electron chi connectivity index (χ3n) is 5.57. The third-order valence-corrected chi connectivity index (χ3v) is 6.95. The lowest BCUT2D eigenvalue weighted by Crippen LogP contribution is -2.29. The van der Waals surface area contributed by atoms with E-state index in [1.807, 2.05) is 32.0 Å². The van der Waals surface area contributed by atoms with Crippen LogP contribution in [0, 0.1) is 6.92 Å². The van der Waals surface area contributed by atoms with Crippen molar-refractivity contribution in [2.75, 3.05) is 17.7 Å². The number of carbonyl (C=O) groups excluding carboxylic acids is 1. The first-order valence-electron chi connectivity index (χ1n) is 10.9. The van der Waals surface area contributed by atoms with Gasteiger partial charge in [-0.05, 0) is 66.4 Å². The molecule has 0 saturated carbocycles. The number of nitrogens with one attached hydrogen (secondary N) is 1. The van der Waals surface area contributed by atoms with Crippen molar-refractivity contribution in [2.45, 2.75) is 32.9 Å². The molecule has 180 valence electrons. The maximum atomic E-state index is 12.9. The maximum absolute atomic E-state index is 12.9. The van der Waals surface area contributed by atoms with E-state index < -0.39 is 10.0 Å². The predicted octanol–water partition coefficient (Wildman–Crippen LogP) is 5.50. The van der Waals surface area contributed by atoms with E-state index in [-0.39, 0.29) is 18.5 Å². The van der Waals surface area contributed by atoms with Gasteiger partial charge in [0.2, 0.25) is 10.0 Å². The molecule has 0 radical (unpaired) electrons. The number of methoxy groups -OCH3 is 1. The normalized spacial score (nSPS) is 12.1. The zero-order valence-corrected chi connectivity index (χ0v) is 21.3. The molecule has 0 saturated heterocycles. The monoisotopic (exact) mass is 500 g/mol. The number of benzene rings is 3. The first-order valence-corrected chi connectivity index (χ1v) is 13.1. The highest BCUT2D eigenvalue weighted by Gasteiger charge is 2.19. The van der Waals surface area contributed by atoms with Crippen LogP contribution < -0.4 is 14.4 Å². The summed E-state index contributed by atoms with van der Waals surface area (Å²) in [6.07, 6.45) is 1.89. The van der Waals surface area contributed by atoms with E-state index in [2.05, 4.69) is 5.32 Å². The van der Waals surface area contributed by atoms with Gasteiger partial charge in [0.15, 0.2) is 0 Å². The number of hydrogen-bond acceptors (Lipinski definition) is 4. The summed E-state index contributed by atoms with van der Waals surface area (Å²) >= 11 is 6.05. The number of carbonyl (C=O) groups is 1. The molecule has 0 fully saturated rings. The van der Waals surface area contributed by atoms with Gasteiger partial charge in [0.25, 0.3) is 5.91 Å². The van der Waals surface area contributed by atoms with E-state index in [1.54, 1.807) is 55.6 Å². The van der Waals surface area contributed by atoms with Crippen molar-refractivity contribution in [3.8, 4) is 5.75 Å². The lowest BCUT2D eigenvalue weighted by molar-refractivity contribution is 0.0935. The zero-order chi connectivity index (χ0) is 24.9. The van der Waals surface area contributed by atoms with Gasteiger partial charge in [-0.2, -0.15) is 0 Å². The van der Waals surface area contributed by atoms with Gasteiger partial charge in [0, 0.05) is 10.6 Å². The minimum Gasteiger partial charge on any atom is -0.496 e. The molecule has 1 amide bonds. The van der Waals surface area contributed by atoms with Crippen molar-refractivity contribution in [3.05, 3.63) is 94.0 Å². The van der Waals surface area contributed by atoms with Crippen molar-refractivity contribution in [1.29, 1.82) is 0 Å². The largest absolute Gasteiger partial charge is 0.496 e.